The van der Waals surface area contributed by atoms with Gasteiger partial charge in [-0.15, -0.1) is 12.4 Å². The van der Waals surface area contributed by atoms with Crippen LogP contribution in [0.5, 0.6) is 0 Å². The Labute approximate surface area is 188 Å². The van der Waals surface area contributed by atoms with Gasteiger partial charge in [0.15, 0.2) is 0 Å². The average Bonchev–Trinajstić information content (AvgIpc) is 2.99. The van der Waals surface area contributed by atoms with Crippen molar-refractivity contribution in [3.05, 3.63) is 83.7 Å². The van der Waals surface area contributed by atoms with E-state index in [2.05, 4.69) is 70.7 Å². The van der Waals surface area contributed by atoms with Gasteiger partial charge >= 0.3 is 0 Å². The zero-order valence-electron chi connectivity index (χ0n) is 18.1. The molecule has 4 nitrogen and oxygen atoms in total. The Bertz CT molecular complexity index is 1260. The second-order valence-electron chi connectivity index (χ2n) is 7.81. The van der Waals surface area contributed by atoms with Crippen molar-refractivity contribution < 1.29 is 4.79 Å². The Balaban J connectivity index is 0.00000272. The summed E-state index contributed by atoms with van der Waals surface area (Å²) in [4.78, 5) is 20.1. The molecule has 3 aromatic carbocycles. The third-order valence-electron chi connectivity index (χ3n) is 5.67. The Kier molecular flexibility index (Phi) is 7.13. The fourth-order valence-electron chi connectivity index (χ4n) is 3.65. The van der Waals surface area contributed by atoms with Crippen LogP contribution in [0.3, 0.4) is 0 Å². The summed E-state index contributed by atoms with van der Waals surface area (Å²) in [5.74, 6) is -0.143. The number of halogens is 1. The number of benzene rings is 2. The monoisotopic (exact) mass is 433 g/mol. The minimum atomic E-state index is -0.0768. The number of carbonyl (C=O) groups excluding carboxylic acids is 1. The normalized spacial score (nSPS) is 13.6. The molecule has 0 saturated heterocycles. The van der Waals surface area contributed by atoms with Gasteiger partial charge in [-0.2, -0.15) is 0 Å². The van der Waals surface area contributed by atoms with Gasteiger partial charge < -0.3 is 10.3 Å². The molecule has 2 unspecified atom stereocenters. The molecule has 0 radical (unpaired) electrons. The van der Waals surface area contributed by atoms with Crippen LogP contribution in [-0.4, -0.2) is 10.9 Å². The lowest BCUT2D eigenvalue weighted by atomic mass is 10.1. The number of H-pyrrole nitrogens is 1. The molecule has 4 rings (SSSR count). The third-order valence-corrected chi connectivity index (χ3v) is 5.67. The number of rotatable bonds is 5. The van der Waals surface area contributed by atoms with E-state index in [1.165, 1.54) is 5.56 Å². The first-order valence-electron chi connectivity index (χ1n) is 10.5. The molecule has 0 fully saturated rings. The number of nitrogens with one attached hydrogen (secondary N) is 2. The smallest absolute Gasteiger partial charge is 0.249 e. The molecule has 0 aliphatic carbocycles. The van der Waals surface area contributed by atoms with Gasteiger partial charge in [0.05, 0.1) is 16.6 Å². The quantitative estimate of drug-likeness (QED) is 0.383. The first-order valence-corrected chi connectivity index (χ1v) is 10.5. The zero-order chi connectivity index (χ0) is 21.1. The van der Waals surface area contributed by atoms with Crippen LogP contribution in [-0.2, 0) is 4.79 Å². The minimum absolute atomic E-state index is 0. The predicted molar refractivity (Wildman–Crippen MR) is 132 cm³/mol. The molecule has 1 heterocycles. The van der Waals surface area contributed by atoms with E-state index in [0.717, 1.165) is 33.9 Å². The van der Waals surface area contributed by atoms with Gasteiger partial charge in [0, 0.05) is 28.2 Å². The molecule has 0 saturated carbocycles. The van der Waals surface area contributed by atoms with Crippen LogP contribution in [0.25, 0.3) is 21.8 Å². The SMILES string of the molecule is CCC(C)C(=O)N=c1cccc2c(c1)[nH]c1c(NC(C)c3ccccc3)cccc12.Cl. The molecule has 5 heteroatoms. The fourth-order valence-corrected chi connectivity index (χ4v) is 3.65. The van der Waals surface area contributed by atoms with Gasteiger partial charge in [0.25, 0.3) is 0 Å². The van der Waals surface area contributed by atoms with Crippen LogP contribution < -0.4 is 10.7 Å². The van der Waals surface area contributed by atoms with E-state index in [1.807, 2.05) is 38.1 Å². The van der Waals surface area contributed by atoms with Gasteiger partial charge in [-0.3, -0.25) is 4.79 Å². The molecule has 160 valence electrons. The maximum atomic E-state index is 12.3. The average molecular weight is 434 g/mol. The third kappa shape index (κ3) is 4.80. The number of anilines is 1. The van der Waals surface area contributed by atoms with Crippen molar-refractivity contribution in [2.75, 3.05) is 5.32 Å². The van der Waals surface area contributed by atoms with E-state index in [9.17, 15) is 4.79 Å². The van der Waals surface area contributed by atoms with Crippen LogP contribution in [0.15, 0.2) is 77.8 Å². The number of amides is 1. The Morgan fingerprint density at radius 2 is 1.68 bits per heavy atom. The Morgan fingerprint density at radius 3 is 2.42 bits per heavy atom. The number of para-hydroxylation sites is 1. The van der Waals surface area contributed by atoms with Gasteiger partial charge in [-0.05, 0) is 37.1 Å². The Hall–Kier alpha value is -3.11. The summed E-state index contributed by atoms with van der Waals surface area (Å²) in [7, 11) is 0. The van der Waals surface area contributed by atoms with Crippen molar-refractivity contribution in [3.8, 4) is 0 Å². The number of hydrogen-bond donors (Lipinski definition) is 2. The summed E-state index contributed by atoms with van der Waals surface area (Å²) >= 11 is 0. The van der Waals surface area contributed by atoms with E-state index < -0.39 is 0 Å². The van der Waals surface area contributed by atoms with Crippen molar-refractivity contribution in [1.82, 2.24) is 4.98 Å². The summed E-state index contributed by atoms with van der Waals surface area (Å²) in [5, 5.41) is 6.56. The summed E-state index contributed by atoms with van der Waals surface area (Å²) in [6, 6.07) is 24.8. The molecule has 4 aromatic rings. The number of nitrogens with zero attached hydrogens (tertiary/aromatic N) is 1. The fraction of sp³-hybridized carbons (Fsp3) is 0.231. The van der Waals surface area contributed by atoms with Crippen molar-refractivity contribution in [2.45, 2.75) is 33.2 Å². The van der Waals surface area contributed by atoms with E-state index in [1.54, 1.807) is 0 Å². The highest BCUT2D eigenvalue weighted by molar-refractivity contribution is 6.10. The lowest BCUT2D eigenvalue weighted by molar-refractivity contribution is -0.121. The number of fused-ring (bicyclic) bond motifs is 3. The number of aromatic nitrogens is 1. The summed E-state index contributed by atoms with van der Waals surface area (Å²) in [5.41, 5.74) is 4.31. The number of hydrogen-bond acceptors (Lipinski definition) is 2. The summed E-state index contributed by atoms with van der Waals surface area (Å²) in [6.07, 6.45) is 0.789. The standard InChI is InChI=1S/C26H27N3O.ClH/c1-4-17(2)26(30)28-20-12-8-13-21-22-14-9-15-23(25(22)29-24(21)16-20)27-18(3)19-10-6-5-7-11-19;/h5-18,27,29H,4H2,1-3H3;1H. The molecule has 0 spiro atoms. The van der Waals surface area contributed by atoms with Gasteiger partial charge in [-0.1, -0.05) is 68.4 Å². The summed E-state index contributed by atoms with van der Waals surface area (Å²) < 4.78 is 0. The van der Waals surface area contributed by atoms with Crippen LogP contribution >= 0.6 is 12.4 Å². The van der Waals surface area contributed by atoms with E-state index in [0.29, 0.717) is 5.36 Å². The second kappa shape index (κ2) is 9.80. The van der Waals surface area contributed by atoms with Crippen LogP contribution in [0.2, 0.25) is 0 Å². The molecule has 2 atom stereocenters. The Morgan fingerprint density at radius 1 is 0.968 bits per heavy atom. The van der Waals surface area contributed by atoms with Crippen molar-refractivity contribution in [3.63, 3.8) is 0 Å². The van der Waals surface area contributed by atoms with Crippen molar-refractivity contribution in [2.24, 2.45) is 10.9 Å². The number of carbonyl (C=O) groups is 1. The van der Waals surface area contributed by atoms with Crippen molar-refractivity contribution in [1.29, 1.82) is 0 Å². The molecule has 0 aliphatic heterocycles. The number of aromatic amines is 1. The molecular formula is C26H28ClN3O. The van der Waals surface area contributed by atoms with Gasteiger partial charge in [-0.25, -0.2) is 4.99 Å². The lowest BCUT2D eigenvalue weighted by Crippen LogP contribution is -2.11. The van der Waals surface area contributed by atoms with E-state index >= 15 is 0 Å². The first kappa shape index (κ1) is 22.6. The summed E-state index contributed by atoms with van der Waals surface area (Å²) in [6.45, 7) is 6.08. The van der Waals surface area contributed by atoms with E-state index in [4.69, 9.17) is 0 Å². The second-order valence-corrected chi connectivity index (χ2v) is 7.81. The highest BCUT2D eigenvalue weighted by atomic mass is 35.5. The molecular weight excluding hydrogens is 406 g/mol. The molecule has 1 amide bonds. The minimum Gasteiger partial charge on any atom is -0.377 e. The van der Waals surface area contributed by atoms with Crippen LogP contribution in [0, 0.1) is 5.92 Å². The largest absolute Gasteiger partial charge is 0.377 e. The van der Waals surface area contributed by atoms with Crippen LogP contribution in [0.1, 0.15) is 38.8 Å². The molecule has 31 heavy (non-hydrogen) atoms. The predicted octanol–water partition coefficient (Wildman–Crippen LogP) is 6.39. The molecule has 0 aliphatic rings. The maximum absolute atomic E-state index is 12.3. The molecule has 2 N–H and O–H groups in total. The van der Waals surface area contributed by atoms with E-state index in [-0.39, 0.29) is 30.3 Å². The van der Waals surface area contributed by atoms with Crippen LogP contribution in [0.4, 0.5) is 5.69 Å². The molecule has 0 bridgehead atoms. The highest BCUT2D eigenvalue weighted by Crippen LogP contribution is 2.31. The maximum Gasteiger partial charge on any atom is 0.249 e. The van der Waals surface area contributed by atoms with Gasteiger partial charge in [0.2, 0.25) is 5.91 Å². The molecule has 1 aromatic heterocycles. The first-order chi connectivity index (χ1) is 14.6. The topological polar surface area (TPSA) is 57.2 Å². The van der Waals surface area contributed by atoms with Gasteiger partial charge in [0.1, 0.15) is 0 Å². The highest BCUT2D eigenvalue weighted by Gasteiger charge is 2.11. The lowest BCUT2D eigenvalue weighted by Gasteiger charge is -2.16. The van der Waals surface area contributed by atoms with Crippen molar-refractivity contribution >= 4 is 45.8 Å². The zero-order valence-corrected chi connectivity index (χ0v) is 18.9.